The van der Waals surface area contributed by atoms with E-state index < -0.39 is 10.0 Å². The number of aliphatic hydroxyl groups is 1. The molecule has 0 saturated heterocycles. The zero-order chi connectivity index (χ0) is 16.0. The number of rotatable bonds is 8. The number of methoxy groups -OCH3 is 2. The molecule has 0 aromatic heterocycles. The van der Waals surface area contributed by atoms with Gasteiger partial charge in [0.25, 0.3) is 0 Å². The van der Waals surface area contributed by atoms with E-state index in [1.165, 1.54) is 26.4 Å². The summed E-state index contributed by atoms with van der Waals surface area (Å²) in [5, 5.41) is 9.36. The molecule has 1 aromatic carbocycles. The summed E-state index contributed by atoms with van der Waals surface area (Å²) in [6.07, 6.45) is 0.749. The molecule has 0 bridgehead atoms. The molecule has 1 rings (SSSR count). The molecule has 120 valence electrons. The van der Waals surface area contributed by atoms with Crippen LogP contribution in [0.4, 0.5) is 0 Å². The summed E-state index contributed by atoms with van der Waals surface area (Å²) in [7, 11) is -0.788. The quantitative estimate of drug-likeness (QED) is 0.759. The number of hydrogen-bond acceptors (Lipinski definition) is 5. The van der Waals surface area contributed by atoms with Crippen molar-refractivity contribution in [1.82, 2.24) is 4.72 Å². The minimum atomic E-state index is -3.64. The van der Waals surface area contributed by atoms with Crippen molar-refractivity contribution in [2.24, 2.45) is 5.92 Å². The minimum absolute atomic E-state index is 0.0490. The second kappa shape index (κ2) is 7.63. The second-order valence-corrected chi connectivity index (χ2v) is 6.82. The van der Waals surface area contributed by atoms with E-state index in [0.29, 0.717) is 23.8 Å². The van der Waals surface area contributed by atoms with Gasteiger partial charge in [-0.25, -0.2) is 13.1 Å². The highest BCUT2D eigenvalue weighted by Gasteiger charge is 2.20. The molecule has 2 N–H and O–H groups in total. The van der Waals surface area contributed by atoms with Gasteiger partial charge in [-0.1, -0.05) is 13.8 Å². The van der Waals surface area contributed by atoms with Gasteiger partial charge in [0.1, 0.15) is 0 Å². The molecule has 0 amide bonds. The number of sulfonamides is 1. The highest BCUT2D eigenvalue weighted by atomic mass is 32.2. The Morgan fingerprint density at radius 2 is 1.90 bits per heavy atom. The molecule has 0 unspecified atom stereocenters. The van der Waals surface area contributed by atoms with Crippen molar-refractivity contribution in [2.45, 2.75) is 31.8 Å². The third-order valence-electron chi connectivity index (χ3n) is 3.02. The van der Waals surface area contributed by atoms with Crippen molar-refractivity contribution in [3.8, 4) is 11.5 Å². The number of benzene rings is 1. The lowest BCUT2D eigenvalue weighted by Gasteiger charge is -2.14. The summed E-state index contributed by atoms with van der Waals surface area (Å²) in [5.74, 6) is 1.01. The van der Waals surface area contributed by atoms with Crippen LogP contribution in [0.1, 0.15) is 25.8 Å². The van der Waals surface area contributed by atoms with Crippen molar-refractivity contribution < 1.29 is 23.0 Å². The third kappa shape index (κ3) is 4.59. The van der Waals surface area contributed by atoms with Crippen molar-refractivity contribution in [3.05, 3.63) is 17.7 Å². The van der Waals surface area contributed by atoms with Crippen molar-refractivity contribution in [2.75, 3.05) is 20.8 Å². The van der Waals surface area contributed by atoms with E-state index in [-0.39, 0.29) is 17.3 Å². The average Bonchev–Trinajstić information content (AvgIpc) is 2.44. The smallest absolute Gasteiger partial charge is 0.240 e. The van der Waals surface area contributed by atoms with E-state index >= 15 is 0 Å². The van der Waals surface area contributed by atoms with E-state index in [0.717, 1.165) is 6.42 Å². The van der Waals surface area contributed by atoms with Crippen LogP contribution >= 0.6 is 0 Å². The number of hydrogen-bond donors (Lipinski definition) is 2. The van der Waals surface area contributed by atoms with Gasteiger partial charge in [0.15, 0.2) is 11.5 Å². The Bertz CT molecular complexity index is 544. The first-order valence-corrected chi connectivity index (χ1v) is 8.19. The topological polar surface area (TPSA) is 84.9 Å². The average molecular weight is 317 g/mol. The van der Waals surface area contributed by atoms with Crippen LogP contribution in [0.5, 0.6) is 11.5 Å². The normalized spacial score (nSPS) is 11.7. The molecule has 7 heteroatoms. The highest BCUT2D eigenvalue weighted by Crippen LogP contribution is 2.34. The van der Waals surface area contributed by atoms with E-state index in [1.807, 2.05) is 13.8 Å². The van der Waals surface area contributed by atoms with Gasteiger partial charge < -0.3 is 14.6 Å². The lowest BCUT2D eigenvalue weighted by Crippen LogP contribution is -2.25. The molecule has 0 atom stereocenters. The molecule has 0 aliphatic heterocycles. The van der Waals surface area contributed by atoms with Gasteiger partial charge in [-0.15, -0.1) is 0 Å². The molecule has 0 heterocycles. The summed E-state index contributed by atoms with van der Waals surface area (Å²) in [6.45, 7) is 4.07. The molecule has 0 fully saturated rings. The Balaban J connectivity index is 3.12. The van der Waals surface area contributed by atoms with Gasteiger partial charge in [0.05, 0.1) is 25.7 Å². The number of ether oxygens (including phenoxy) is 2. The summed E-state index contributed by atoms with van der Waals surface area (Å²) < 4.78 is 37.3. The van der Waals surface area contributed by atoms with Crippen LogP contribution in [-0.4, -0.2) is 34.3 Å². The zero-order valence-corrected chi connectivity index (χ0v) is 13.7. The van der Waals surface area contributed by atoms with Crippen molar-refractivity contribution >= 4 is 10.0 Å². The maximum atomic E-state index is 12.3. The standard InChI is InChI=1S/C14H23NO5S/c1-10(2)5-6-15-21(17,18)12-7-11(9-16)14(20-4)13(8-12)19-3/h7-8,10,15-16H,5-6,9H2,1-4H3. The van der Waals surface area contributed by atoms with Gasteiger partial charge in [-0.3, -0.25) is 0 Å². The van der Waals surface area contributed by atoms with E-state index in [9.17, 15) is 13.5 Å². The van der Waals surface area contributed by atoms with Gasteiger partial charge in [-0.05, 0) is 18.4 Å². The molecule has 0 spiro atoms. The summed E-state index contributed by atoms with van der Waals surface area (Å²) >= 11 is 0. The molecular weight excluding hydrogens is 294 g/mol. The Hall–Kier alpha value is -1.31. The molecule has 0 aliphatic rings. The predicted octanol–water partition coefficient (Wildman–Crippen LogP) is 1.52. The molecule has 1 aromatic rings. The Kier molecular flexibility index (Phi) is 6.44. The molecular formula is C14H23NO5S. The van der Waals surface area contributed by atoms with E-state index in [1.54, 1.807) is 0 Å². The van der Waals surface area contributed by atoms with Crippen LogP contribution in [0, 0.1) is 5.92 Å². The molecule has 0 saturated carbocycles. The van der Waals surface area contributed by atoms with Crippen molar-refractivity contribution in [1.29, 1.82) is 0 Å². The predicted molar refractivity (Wildman–Crippen MR) is 80.1 cm³/mol. The van der Waals surface area contributed by atoms with Crippen LogP contribution < -0.4 is 14.2 Å². The monoisotopic (exact) mass is 317 g/mol. The Morgan fingerprint density at radius 3 is 2.38 bits per heavy atom. The van der Waals surface area contributed by atoms with Crippen LogP contribution in [0.2, 0.25) is 0 Å². The van der Waals surface area contributed by atoms with Crippen LogP contribution in [0.3, 0.4) is 0 Å². The summed E-state index contributed by atoms with van der Waals surface area (Å²) in [5.41, 5.74) is 0.362. The van der Waals surface area contributed by atoms with Crippen LogP contribution in [0.15, 0.2) is 17.0 Å². The highest BCUT2D eigenvalue weighted by molar-refractivity contribution is 7.89. The largest absolute Gasteiger partial charge is 0.493 e. The maximum Gasteiger partial charge on any atom is 0.240 e. The van der Waals surface area contributed by atoms with Crippen LogP contribution in [0.25, 0.3) is 0 Å². The molecule has 0 aliphatic carbocycles. The van der Waals surface area contributed by atoms with Crippen molar-refractivity contribution in [3.63, 3.8) is 0 Å². The van der Waals surface area contributed by atoms with Gasteiger partial charge >= 0.3 is 0 Å². The first-order valence-electron chi connectivity index (χ1n) is 6.71. The SMILES string of the molecule is COc1cc(S(=O)(=O)NCCC(C)C)cc(CO)c1OC. The maximum absolute atomic E-state index is 12.3. The van der Waals surface area contributed by atoms with E-state index in [4.69, 9.17) is 9.47 Å². The Morgan fingerprint density at radius 1 is 1.24 bits per heavy atom. The lowest BCUT2D eigenvalue weighted by molar-refractivity contribution is 0.269. The molecule has 6 nitrogen and oxygen atoms in total. The fraction of sp³-hybridized carbons (Fsp3) is 0.571. The second-order valence-electron chi connectivity index (χ2n) is 5.06. The summed E-state index contributed by atoms with van der Waals surface area (Å²) in [6, 6.07) is 2.77. The van der Waals surface area contributed by atoms with Gasteiger partial charge in [-0.2, -0.15) is 0 Å². The minimum Gasteiger partial charge on any atom is -0.493 e. The van der Waals surface area contributed by atoms with E-state index in [2.05, 4.69) is 4.72 Å². The fourth-order valence-electron chi connectivity index (χ4n) is 1.85. The third-order valence-corrected chi connectivity index (χ3v) is 4.46. The number of nitrogens with one attached hydrogen (secondary N) is 1. The molecule has 21 heavy (non-hydrogen) atoms. The Labute approximate surface area is 126 Å². The van der Waals surface area contributed by atoms with Gasteiger partial charge in [0.2, 0.25) is 10.0 Å². The zero-order valence-electron chi connectivity index (χ0n) is 12.8. The first-order chi connectivity index (χ1) is 9.85. The molecule has 0 radical (unpaired) electrons. The number of aliphatic hydroxyl groups excluding tert-OH is 1. The van der Waals surface area contributed by atoms with Crippen LogP contribution in [-0.2, 0) is 16.6 Å². The lowest BCUT2D eigenvalue weighted by atomic mass is 10.1. The first kappa shape index (κ1) is 17.7. The summed E-state index contributed by atoms with van der Waals surface area (Å²) in [4.78, 5) is 0.0490. The fourth-order valence-corrected chi connectivity index (χ4v) is 2.97. The van der Waals surface area contributed by atoms with Gasteiger partial charge in [0, 0.05) is 18.2 Å².